The van der Waals surface area contributed by atoms with Crippen LogP contribution >= 0.6 is 7.82 Å². The molecule has 0 aromatic carbocycles. The molecule has 0 spiro atoms. The van der Waals surface area contributed by atoms with Crippen LogP contribution < -0.4 is 68.9 Å². The molecule has 0 amide bonds. The van der Waals surface area contributed by atoms with Crippen molar-refractivity contribution in [3.05, 3.63) is 11.5 Å². The summed E-state index contributed by atoms with van der Waals surface area (Å²) < 4.78 is 18.2. The number of rotatable bonds is 4. The fourth-order valence-electron chi connectivity index (χ4n) is 1.01. The molecule has 1 aliphatic heterocycles. The number of hydrogen-bond acceptors (Lipinski definition) is 9. The minimum Gasteiger partial charge on any atom is -0.780 e. The molecule has 108 valence electrons. The van der Waals surface area contributed by atoms with Gasteiger partial charge in [-0.05, 0) is 0 Å². The van der Waals surface area contributed by atoms with Crippen molar-refractivity contribution in [2.24, 2.45) is 0 Å². The zero-order valence-corrected chi connectivity index (χ0v) is 15.5. The molecule has 1 rings (SSSR count). The monoisotopic (exact) mass is 336 g/mol. The Morgan fingerprint density at radius 3 is 2.15 bits per heavy atom. The van der Waals surface area contributed by atoms with Crippen LogP contribution in [0, 0.1) is 0 Å². The van der Waals surface area contributed by atoms with Gasteiger partial charge in [-0.1, -0.05) is 0 Å². The van der Waals surface area contributed by atoms with Gasteiger partial charge in [0.15, 0.2) is 11.9 Å². The number of phosphoric ester groups is 1. The predicted molar refractivity (Wildman–Crippen MR) is 48.5 cm³/mol. The molecule has 0 aromatic rings. The molecule has 2 atom stereocenters. The van der Waals surface area contributed by atoms with Gasteiger partial charge in [-0.2, -0.15) is 0 Å². The number of carbonyl (C=O) groups excluding carboxylic acids is 1. The number of phosphoric acid groups is 1. The molecule has 0 fully saturated rings. The Hall–Kier alpha value is 0.800. The Kier molecular flexibility index (Phi) is 16.4. The van der Waals surface area contributed by atoms with Crippen molar-refractivity contribution in [3.63, 3.8) is 0 Å². The number of carbonyl (C=O) groups is 1. The number of cyclic esters (lactones) is 1. The van der Waals surface area contributed by atoms with Gasteiger partial charge >= 0.3 is 65.1 Å². The van der Waals surface area contributed by atoms with Crippen LogP contribution in [0.4, 0.5) is 0 Å². The maximum atomic E-state index is 10.9. The van der Waals surface area contributed by atoms with Crippen molar-refractivity contribution in [1.82, 2.24) is 0 Å². The van der Waals surface area contributed by atoms with Gasteiger partial charge in [-0.3, -0.25) is 0 Å². The smallest absolute Gasteiger partial charge is 0.780 e. The standard InChI is InChI=1S/C6H9O9P.2Na.2H2O/c7-1-2(8)4-3(9)5(6(10)14-4)15-16(11,12)13;;;;/h2,4,7-9H,1H2,(H2,11,12,13);;;2*1H2/q;2*+1;;/p-2/t2-,4+;;;;/m0..../s1. The molecule has 0 saturated carbocycles. The molecule has 0 aliphatic carbocycles. The summed E-state index contributed by atoms with van der Waals surface area (Å²) in [6, 6.07) is 0. The Morgan fingerprint density at radius 1 is 1.35 bits per heavy atom. The minimum atomic E-state index is -5.52. The first-order chi connectivity index (χ1) is 7.26. The van der Waals surface area contributed by atoms with Crippen molar-refractivity contribution in [2.75, 3.05) is 6.61 Å². The number of hydrogen-bond donors (Lipinski definition) is 3. The maximum Gasteiger partial charge on any atom is 1.00 e. The van der Waals surface area contributed by atoms with Gasteiger partial charge in [0.1, 0.15) is 13.9 Å². The van der Waals surface area contributed by atoms with Crippen LogP contribution in [-0.2, 0) is 18.6 Å². The van der Waals surface area contributed by atoms with Crippen molar-refractivity contribution < 1.29 is 114 Å². The maximum absolute atomic E-state index is 10.9. The van der Waals surface area contributed by atoms with E-state index in [9.17, 15) is 24.3 Å². The Bertz CT molecular complexity index is 379. The molecular formula is C6H11Na2O11P. The SMILES string of the molecule is O.O.O=C1O[C@H]([C@@H](O)CO)C(O)=C1OP(=O)([O-])[O-].[Na+].[Na+]. The Morgan fingerprint density at radius 2 is 1.80 bits per heavy atom. The molecule has 11 nitrogen and oxygen atoms in total. The van der Waals surface area contributed by atoms with E-state index in [1.807, 2.05) is 0 Å². The average Bonchev–Trinajstić information content (AvgIpc) is 2.42. The van der Waals surface area contributed by atoms with Crippen LogP contribution in [0.2, 0.25) is 0 Å². The summed E-state index contributed by atoms with van der Waals surface area (Å²) >= 11 is 0. The van der Waals surface area contributed by atoms with Crippen molar-refractivity contribution in [1.29, 1.82) is 0 Å². The zero-order valence-electron chi connectivity index (χ0n) is 10.6. The molecule has 1 aliphatic rings. The fourth-order valence-corrected chi connectivity index (χ4v) is 1.40. The summed E-state index contributed by atoms with van der Waals surface area (Å²) in [5, 5.41) is 26.8. The van der Waals surface area contributed by atoms with Gasteiger partial charge in [0.2, 0.25) is 0 Å². The van der Waals surface area contributed by atoms with Crippen LogP contribution in [0.1, 0.15) is 0 Å². The third-order valence-corrected chi connectivity index (χ3v) is 2.07. The second-order valence-electron chi connectivity index (χ2n) is 2.83. The van der Waals surface area contributed by atoms with Crippen LogP contribution in [0.5, 0.6) is 0 Å². The predicted octanol–water partition coefficient (Wildman–Crippen LogP) is -10.8. The van der Waals surface area contributed by atoms with Gasteiger partial charge in [0, 0.05) is 0 Å². The van der Waals surface area contributed by atoms with E-state index in [-0.39, 0.29) is 70.1 Å². The van der Waals surface area contributed by atoms with Crippen LogP contribution in [0.25, 0.3) is 0 Å². The van der Waals surface area contributed by atoms with Gasteiger partial charge in [0.25, 0.3) is 5.76 Å². The molecule has 0 saturated heterocycles. The van der Waals surface area contributed by atoms with Crippen LogP contribution in [0.15, 0.2) is 11.5 Å². The molecule has 0 radical (unpaired) electrons. The van der Waals surface area contributed by atoms with Crippen LogP contribution in [0.3, 0.4) is 0 Å². The third kappa shape index (κ3) is 7.71. The molecule has 1 heterocycles. The molecule has 0 unspecified atom stereocenters. The summed E-state index contributed by atoms with van der Waals surface area (Å²) in [5.74, 6) is -3.67. The zero-order chi connectivity index (χ0) is 12.5. The average molecular weight is 336 g/mol. The summed E-state index contributed by atoms with van der Waals surface area (Å²) in [4.78, 5) is 31.4. The van der Waals surface area contributed by atoms with Gasteiger partial charge in [-0.25, -0.2) is 4.79 Å². The largest absolute Gasteiger partial charge is 1.00 e. The summed E-state index contributed by atoms with van der Waals surface area (Å²) in [7, 11) is -5.52. The minimum absolute atomic E-state index is 0. The van der Waals surface area contributed by atoms with E-state index < -0.39 is 44.1 Å². The van der Waals surface area contributed by atoms with E-state index in [0.29, 0.717) is 0 Å². The third-order valence-electron chi connectivity index (χ3n) is 1.66. The van der Waals surface area contributed by atoms with E-state index in [2.05, 4.69) is 9.26 Å². The number of ether oxygens (including phenoxy) is 1. The van der Waals surface area contributed by atoms with Gasteiger partial charge < -0.3 is 49.9 Å². The number of aliphatic hydroxyl groups is 3. The first-order valence-electron chi connectivity index (χ1n) is 3.91. The molecule has 0 bridgehead atoms. The van der Waals surface area contributed by atoms with Crippen LogP contribution in [-0.4, -0.2) is 51.1 Å². The fraction of sp³-hybridized carbons (Fsp3) is 0.500. The second kappa shape index (κ2) is 11.4. The van der Waals surface area contributed by atoms with Crippen molar-refractivity contribution >= 4 is 13.8 Å². The normalized spacial score (nSPS) is 18.6. The van der Waals surface area contributed by atoms with Crippen molar-refractivity contribution in [2.45, 2.75) is 12.2 Å². The molecule has 0 aromatic heterocycles. The van der Waals surface area contributed by atoms with E-state index in [0.717, 1.165) is 0 Å². The second-order valence-corrected chi connectivity index (χ2v) is 3.91. The topological polar surface area (TPSA) is 222 Å². The molecule has 7 N–H and O–H groups in total. The van der Waals surface area contributed by atoms with E-state index in [1.165, 1.54) is 0 Å². The van der Waals surface area contributed by atoms with Crippen molar-refractivity contribution in [3.8, 4) is 0 Å². The Balaban J connectivity index is -0.000000320. The first kappa shape index (κ1) is 28.9. The van der Waals surface area contributed by atoms with Gasteiger partial charge in [-0.15, -0.1) is 0 Å². The number of esters is 1. The van der Waals surface area contributed by atoms with E-state index >= 15 is 0 Å². The molecule has 20 heavy (non-hydrogen) atoms. The molecular weight excluding hydrogens is 325 g/mol. The Labute approximate surface area is 157 Å². The number of aliphatic hydroxyl groups excluding tert-OH is 3. The quantitative estimate of drug-likeness (QED) is 0.251. The summed E-state index contributed by atoms with van der Waals surface area (Å²) in [5.41, 5.74) is 0. The van der Waals surface area contributed by atoms with E-state index in [1.54, 1.807) is 0 Å². The molecule has 14 heteroatoms. The van der Waals surface area contributed by atoms with E-state index in [4.69, 9.17) is 10.2 Å². The van der Waals surface area contributed by atoms with Gasteiger partial charge in [0.05, 0.1) is 6.61 Å². The first-order valence-corrected chi connectivity index (χ1v) is 5.37. The summed E-state index contributed by atoms with van der Waals surface area (Å²) in [6.45, 7) is -0.846. The summed E-state index contributed by atoms with van der Waals surface area (Å²) in [6.07, 6.45) is -3.30.